The van der Waals surface area contributed by atoms with Crippen LogP contribution < -0.4 is 9.47 Å². The average molecular weight is 376 g/mol. The smallest absolute Gasteiger partial charge is 0.319 e. The van der Waals surface area contributed by atoms with Crippen molar-refractivity contribution in [2.24, 2.45) is 11.8 Å². The molecule has 6 nitrogen and oxygen atoms in total. The number of piperidine rings is 1. The van der Waals surface area contributed by atoms with Gasteiger partial charge < -0.3 is 14.4 Å². The molecule has 1 saturated heterocycles. The third-order valence-corrected chi connectivity index (χ3v) is 5.99. The number of carbonyl (C=O) groups excluding carboxylic acids is 1. The topological polar surface area (TPSA) is 64.6 Å². The number of aromatic nitrogens is 2. The molecule has 1 saturated carbocycles. The molecule has 150 valence electrons. The Morgan fingerprint density at radius 2 is 1.93 bits per heavy atom. The van der Waals surface area contributed by atoms with Crippen LogP contribution in [-0.2, 0) is 4.79 Å². The number of rotatable bonds is 7. The van der Waals surface area contributed by atoms with Crippen molar-refractivity contribution in [1.82, 2.24) is 14.9 Å². The largest absolute Gasteiger partial charge is 0.474 e. The molecule has 0 spiro atoms. The quantitative estimate of drug-likeness (QED) is 0.724. The first kappa shape index (κ1) is 19.9. The fourth-order valence-corrected chi connectivity index (χ4v) is 4.30. The normalized spacial score (nSPS) is 23.9. The molecule has 27 heavy (non-hydrogen) atoms. The van der Waals surface area contributed by atoms with Gasteiger partial charge in [-0.15, -0.1) is 0 Å². The molecule has 0 atom stereocenters. The van der Waals surface area contributed by atoms with E-state index in [0.717, 1.165) is 44.7 Å². The standard InChI is InChI=1S/C21H33N3O3/c1-3-4-5-16-6-8-17(9-7-16)20(25)24-14-11-18(12-15-24)27-19-10-13-22-21(23-19)26-2/h10,13,16-18H,3-9,11-12,14-15H2,1-2H3. The van der Waals surface area contributed by atoms with Gasteiger partial charge in [-0.3, -0.25) is 4.79 Å². The summed E-state index contributed by atoms with van der Waals surface area (Å²) in [6, 6.07) is 2.06. The number of methoxy groups -OCH3 is 1. The molecule has 0 unspecified atom stereocenters. The number of nitrogens with zero attached hydrogens (tertiary/aromatic N) is 3. The van der Waals surface area contributed by atoms with Crippen LogP contribution in [0.1, 0.15) is 64.7 Å². The summed E-state index contributed by atoms with van der Waals surface area (Å²) in [5.74, 6) is 1.99. The van der Waals surface area contributed by atoms with Crippen LogP contribution in [0, 0.1) is 11.8 Å². The lowest BCUT2D eigenvalue weighted by Crippen LogP contribution is -2.45. The van der Waals surface area contributed by atoms with E-state index in [0.29, 0.717) is 17.8 Å². The van der Waals surface area contributed by atoms with Crippen LogP contribution in [0.4, 0.5) is 0 Å². The number of likely N-dealkylation sites (tertiary alicyclic amines) is 1. The highest BCUT2D eigenvalue weighted by molar-refractivity contribution is 5.79. The zero-order valence-corrected chi connectivity index (χ0v) is 16.7. The van der Waals surface area contributed by atoms with Crippen LogP contribution >= 0.6 is 0 Å². The summed E-state index contributed by atoms with van der Waals surface area (Å²) in [5.41, 5.74) is 0. The third kappa shape index (κ3) is 5.56. The van der Waals surface area contributed by atoms with Crippen molar-refractivity contribution in [3.8, 4) is 11.9 Å². The molecule has 2 aliphatic rings. The second kappa shape index (κ2) is 9.90. The van der Waals surface area contributed by atoms with E-state index in [4.69, 9.17) is 9.47 Å². The minimum atomic E-state index is 0.0958. The molecule has 2 fully saturated rings. The zero-order chi connectivity index (χ0) is 19.1. The van der Waals surface area contributed by atoms with Crippen LogP contribution in [0.5, 0.6) is 11.9 Å². The molecule has 1 aromatic rings. The summed E-state index contributed by atoms with van der Waals surface area (Å²) in [5, 5.41) is 0. The van der Waals surface area contributed by atoms with Gasteiger partial charge in [-0.25, -0.2) is 4.98 Å². The fourth-order valence-electron chi connectivity index (χ4n) is 4.30. The van der Waals surface area contributed by atoms with Crippen LogP contribution in [0.3, 0.4) is 0 Å². The first-order chi connectivity index (χ1) is 13.2. The Morgan fingerprint density at radius 3 is 2.59 bits per heavy atom. The molecular formula is C21H33N3O3. The lowest BCUT2D eigenvalue weighted by Gasteiger charge is -2.36. The van der Waals surface area contributed by atoms with Gasteiger partial charge in [0.15, 0.2) is 0 Å². The molecular weight excluding hydrogens is 342 g/mol. The van der Waals surface area contributed by atoms with E-state index in [1.54, 1.807) is 19.4 Å². The maximum Gasteiger partial charge on any atom is 0.319 e. The molecule has 0 radical (unpaired) electrons. The van der Waals surface area contributed by atoms with Crippen molar-refractivity contribution in [3.63, 3.8) is 0 Å². The van der Waals surface area contributed by atoms with Gasteiger partial charge in [-0.1, -0.05) is 26.2 Å². The lowest BCUT2D eigenvalue weighted by atomic mass is 9.79. The number of ether oxygens (including phenoxy) is 2. The average Bonchev–Trinajstić information content (AvgIpc) is 2.73. The minimum absolute atomic E-state index is 0.0958. The summed E-state index contributed by atoms with van der Waals surface area (Å²) in [4.78, 5) is 23.1. The molecule has 0 aromatic carbocycles. The van der Waals surface area contributed by atoms with Crippen LogP contribution in [0.2, 0.25) is 0 Å². The Labute approximate surface area is 162 Å². The summed E-state index contributed by atoms with van der Waals surface area (Å²) in [6.07, 6.45) is 12.0. The van der Waals surface area contributed by atoms with Gasteiger partial charge in [-0.2, -0.15) is 4.98 Å². The highest BCUT2D eigenvalue weighted by atomic mass is 16.5. The zero-order valence-electron chi connectivity index (χ0n) is 16.7. The first-order valence-electron chi connectivity index (χ1n) is 10.5. The van der Waals surface area contributed by atoms with Crippen molar-refractivity contribution in [3.05, 3.63) is 12.3 Å². The Bertz CT molecular complexity index is 594. The second-order valence-corrected chi connectivity index (χ2v) is 7.88. The monoisotopic (exact) mass is 375 g/mol. The molecule has 1 aliphatic heterocycles. The van der Waals surface area contributed by atoms with Gasteiger partial charge in [0.25, 0.3) is 0 Å². The maximum absolute atomic E-state index is 12.9. The second-order valence-electron chi connectivity index (χ2n) is 7.88. The van der Waals surface area contributed by atoms with Gasteiger partial charge in [0.05, 0.1) is 7.11 Å². The number of unbranched alkanes of at least 4 members (excludes halogenated alkanes) is 1. The Hall–Kier alpha value is -1.85. The van der Waals surface area contributed by atoms with Gasteiger partial charge in [-0.05, 0) is 31.6 Å². The van der Waals surface area contributed by atoms with Gasteiger partial charge in [0.1, 0.15) is 6.10 Å². The highest BCUT2D eigenvalue weighted by Gasteiger charge is 2.31. The molecule has 3 rings (SSSR count). The van der Waals surface area contributed by atoms with E-state index in [2.05, 4.69) is 21.8 Å². The van der Waals surface area contributed by atoms with Crippen LogP contribution in [0.25, 0.3) is 0 Å². The number of carbonyl (C=O) groups is 1. The predicted molar refractivity (Wildman–Crippen MR) is 104 cm³/mol. The first-order valence-corrected chi connectivity index (χ1v) is 10.5. The molecule has 1 aromatic heterocycles. The number of hydrogen-bond acceptors (Lipinski definition) is 5. The molecule has 0 bridgehead atoms. The van der Waals surface area contributed by atoms with E-state index in [9.17, 15) is 4.79 Å². The van der Waals surface area contributed by atoms with Gasteiger partial charge >= 0.3 is 6.01 Å². The molecule has 6 heteroatoms. The SMILES string of the molecule is CCCCC1CCC(C(=O)N2CCC(Oc3ccnc(OC)n3)CC2)CC1. The molecule has 2 heterocycles. The fraction of sp³-hybridized carbons (Fsp3) is 0.762. The Balaban J connectivity index is 1.41. The molecule has 1 amide bonds. The Kier molecular flexibility index (Phi) is 7.30. The van der Waals surface area contributed by atoms with Crippen molar-refractivity contribution in [2.45, 2.75) is 70.8 Å². The van der Waals surface area contributed by atoms with Gasteiger partial charge in [0, 0.05) is 44.1 Å². The summed E-state index contributed by atoms with van der Waals surface area (Å²) >= 11 is 0. The van der Waals surface area contributed by atoms with E-state index in [1.807, 2.05) is 0 Å². The van der Waals surface area contributed by atoms with E-state index < -0.39 is 0 Å². The highest BCUT2D eigenvalue weighted by Crippen LogP contribution is 2.33. The minimum Gasteiger partial charge on any atom is -0.474 e. The van der Waals surface area contributed by atoms with Crippen LogP contribution in [0.15, 0.2) is 12.3 Å². The maximum atomic E-state index is 12.9. The van der Waals surface area contributed by atoms with Crippen molar-refractivity contribution >= 4 is 5.91 Å². The van der Waals surface area contributed by atoms with E-state index in [1.165, 1.54) is 32.1 Å². The predicted octanol–water partition coefficient (Wildman–Crippen LogP) is 3.85. The molecule has 0 N–H and O–H groups in total. The Morgan fingerprint density at radius 1 is 1.19 bits per heavy atom. The summed E-state index contributed by atoms with van der Waals surface area (Å²) in [7, 11) is 1.54. The van der Waals surface area contributed by atoms with Crippen molar-refractivity contribution in [2.75, 3.05) is 20.2 Å². The van der Waals surface area contributed by atoms with E-state index >= 15 is 0 Å². The third-order valence-electron chi connectivity index (χ3n) is 5.99. The summed E-state index contributed by atoms with van der Waals surface area (Å²) in [6.45, 7) is 3.81. The lowest BCUT2D eigenvalue weighted by molar-refractivity contribution is -0.138. The molecule has 1 aliphatic carbocycles. The summed E-state index contributed by atoms with van der Waals surface area (Å²) < 4.78 is 11.0. The van der Waals surface area contributed by atoms with Crippen molar-refractivity contribution < 1.29 is 14.3 Å². The number of amides is 1. The number of hydrogen-bond donors (Lipinski definition) is 0. The van der Waals surface area contributed by atoms with Crippen molar-refractivity contribution in [1.29, 1.82) is 0 Å². The van der Waals surface area contributed by atoms with Crippen LogP contribution in [-0.4, -0.2) is 47.1 Å². The van der Waals surface area contributed by atoms with E-state index in [-0.39, 0.29) is 12.0 Å². The van der Waals surface area contributed by atoms with Gasteiger partial charge in [0.2, 0.25) is 11.8 Å².